The van der Waals surface area contributed by atoms with Crippen LogP contribution >= 0.6 is 10.7 Å². The first-order chi connectivity index (χ1) is 6.63. The predicted molar refractivity (Wildman–Crippen MR) is 57.1 cm³/mol. The molecule has 15 heavy (non-hydrogen) atoms. The average molecular weight is 253 g/mol. The molecule has 0 spiro atoms. The van der Waals surface area contributed by atoms with Crippen LogP contribution in [0.3, 0.4) is 0 Å². The summed E-state index contributed by atoms with van der Waals surface area (Å²) in [5, 5.41) is 8.92. The number of carbonyl (C=O) groups is 1. The molecule has 0 fully saturated rings. The number of hydrogen-bond donors (Lipinski definition) is 1. The van der Waals surface area contributed by atoms with Gasteiger partial charge in [-0.3, -0.25) is 0 Å². The van der Waals surface area contributed by atoms with Gasteiger partial charge < -0.3 is 5.11 Å². The summed E-state index contributed by atoms with van der Waals surface area (Å²) in [6, 6.07) is 0. The minimum Gasteiger partial charge on any atom is -0.478 e. The Balaban J connectivity index is 3.26. The van der Waals surface area contributed by atoms with Crippen LogP contribution in [0, 0.1) is 5.41 Å². The van der Waals surface area contributed by atoms with E-state index in [1.54, 1.807) is 0 Å². The Morgan fingerprint density at radius 3 is 2.40 bits per heavy atom. The summed E-state index contributed by atoms with van der Waals surface area (Å²) >= 11 is 0. The predicted octanol–water partition coefficient (Wildman–Crippen LogP) is 2.10. The van der Waals surface area contributed by atoms with E-state index in [0.717, 1.165) is 0 Å². The van der Waals surface area contributed by atoms with Gasteiger partial charge in [0.1, 0.15) is 0 Å². The lowest BCUT2D eigenvalue weighted by Crippen LogP contribution is -2.24. The summed E-state index contributed by atoms with van der Waals surface area (Å²) in [6.07, 6.45) is 1.08. The minimum absolute atomic E-state index is 0.0683. The molecule has 0 heterocycles. The fourth-order valence-corrected chi connectivity index (χ4v) is 3.04. The standard InChI is InChI=1S/C9H13ClO4S/c1-9(2)4-3-7(15(10,13)14)6(5-9)8(11)12/h3-5H2,1-2H3,(H,11,12). The number of allylic oxidation sites excluding steroid dienone is 1. The van der Waals surface area contributed by atoms with E-state index in [1.807, 2.05) is 13.8 Å². The number of halogens is 1. The quantitative estimate of drug-likeness (QED) is 0.764. The fraction of sp³-hybridized carbons (Fsp3) is 0.667. The minimum atomic E-state index is -3.90. The number of aliphatic carboxylic acids is 1. The Hall–Kier alpha value is -0.550. The van der Waals surface area contributed by atoms with Crippen LogP contribution in [0.15, 0.2) is 10.5 Å². The molecule has 0 aromatic rings. The largest absolute Gasteiger partial charge is 0.478 e. The average Bonchev–Trinajstić information content (AvgIpc) is 1.99. The van der Waals surface area contributed by atoms with Crippen molar-refractivity contribution in [3.05, 3.63) is 10.5 Å². The smallest absolute Gasteiger partial charge is 0.332 e. The van der Waals surface area contributed by atoms with Crippen molar-refractivity contribution >= 4 is 25.7 Å². The van der Waals surface area contributed by atoms with Gasteiger partial charge in [-0.05, 0) is 24.7 Å². The van der Waals surface area contributed by atoms with Gasteiger partial charge in [0.2, 0.25) is 0 Å². The molecule has 4 nitrogen and oxygen atoms in total. The maximum Gasteiger partial charge on any atom is 0.332 e. The Labute approximate surface area is 93.4 Å². The molecule has 0 saturated carbocycles. The van der Waals surface area contributed by atoms with E-state index in [9.17, 15) is 13.2 Å². The van der Waals surface area contributed by atoms with Crippen LogP contribution in [0.5, 0.6) is 0 Å². The SMILES string of the molecule is CC1(C)CCC(S(=O)(=O)Cl)=C(C(=O)O)C1. The molecular formula is C9H13ClO4S. The molecule has 1 rings (SSSR count). The van der Waals surface area contributed by atoms with Crippen LogP contribution in [-0.4, -0.2) is 19.5 Å². The molecule has 0 amide bonds. The first kappa shape index (κ1) is 12.5. The molecule has 86 valence electrons. The van der Waals surface area contributed by atoms with E-state index in [0.29, 0.717) is 6.42 Å². The van der Waals surface area contributed by atoms with Gasteiger partial charge in [0.25, 0.3) is 9.05 Å². The van der Waals surface area contributed by atoms with E-state index in [1.165, 1.54) is 0 Å². The van der Waals surface area contributed by atoms with Gasteiger partial charge in [-0.15, -0.1) is 0 Å². The lowest BCUT2D eigenvalue weighted by atomic mass is 9.77. The van der Waals surface area contributed by atoms with Crippen molar-refractivity contribution in [3.8, 4) is 0 Å². The van der Waals surface area contributed by atoms with Crippen LogP contribution in [0.4, 0.5) is 0 Å². The van der Waals surface area contributed by atoms with Crippen LogP contribution in [-0.2, 0) is 13.8 Å². The van der Waals surface area contributed by atoms with Crippen molar-refractivity contribution in [3.63, 3.8) is 0 Å². The first-order valence-corrected chi connectivity index (χ1v) is 6.84. The first-order valence-electron chi connectivity index (χ1n) is 4.53. The van der Waals surface area contributed by atoms with Crippen molar-refractivity contribution in [2.24, 2.45) is 5.41 Å². The molecule has 0 saturated heterocycles. The summed E-state index contributed by atoms with van der Waals surface area (Å²) in [4.78, 5) is 10.8. The maximum absolute atomic E-state index is 11.2. The highest BCUT2D eigenvalue weighted by molar-refractivity contribution is 8.16. The molecule has 0 aliphatic heterocycles. The third-order valence-corrected chi connectivity index (χ3v) is 4.17. The molecule has 0 bridgehead atoms. The second-order valence-electron chi connectivity index (χ2n) is 4.49. The zero-order chi connectivity index (χ0) is 11.9. The van der Waals surface area contributed by atoms with Gasteiger partial charge in [0, 0.05) is 10.7 Å². The fourth-order valence-electron chi connectivity index (χ4n) is 1.73. The summed E-state index contributed by atoms with van der Waals surface area (Å²) in [6.45, 7) is 3.82. The van der Waals surface area contributed by atoms with E-state index in [-0.39, 0.29) is 28.7 Å². The summed E-state index contributed by atoms with van der Waals surface area (Å²) in [7, 11) is 1.30. The molecular weight excluding hydrogens is 240 g/mol. The Morgan fingerprint density at radius 1 is 1.47 bits per heavy atom. The lowest BCUT2D eigenvalue weighted by molar-refractivity contribution is -0.133. The molecule has 0 radical (unpaired) electrons. The highest BCUT2D eigenvalue weighted by Crippen LogP contribution is 2.41. The zero-order valence-corrected chi connectivity index (χ0v) is 10.2. The molecule has 6 heteroatoms. The normalized spacial score (nSPS) is 21.5. The highest BCUT2D eigenvalue weighted by Gasteiger charge is 2.34. The van der Waals surface area contributed by atoms with Crippen molar-refractivity contribution in [2.75, 3.05) is 0 Å². The van der Waals surface area contributed by atoms with Gasteiger partial charge in [0.05, 0.1) is 10.5 Å². The van der Waals surface area contributed by atoms with Crippen molar-refractivity contribution in [2.45, 2.75) is 33.1 Å². The van der Waals surface area contributed by atoms with E-state index in [4.69, 9.17) is 15.8 Å². The zero-order valence-electron chi connectivity index (χ0n) is 8.58. The second-order valence-corrected chi connectivity index (χ2v) is 7.07. The number of hydrogen-bond acceptors (Lipinski definition) is 3. The van der Waals surface area contributed by atoms with Gasteiger partial charge in [0.15, 0.2) is 0 Å². The molecule has 1 N–H and O–H groups in total. The van der Waals surface area contributed by atoms with Crippen molar-refractivity contribution in [1.29, 1.82) is 0 Å². The Bertz CT molecular complexity index is 419. The van der Waals surface area contributed by atoms with Gasteiger partial charge >= 0.3 is 5.97 Å². The molecule has 0 aromatic carbocycles. The Morgan fingerprint density at radius 2 is 2.00 bits per heavy atom. The van der Waals surface area contributed by atoms with Gasteiger partial charge in [-0.25, -0.2) is 13.2 Å². The second kappa shape index (κ2) is 3.79. The summed E-state index contributed by atoms with van der Waals surface area (Å²) in [5.74, 6) is -1.19. The number of rotatable bonds is 2. The monoisotopic (exact) mass is 252 g/mol. The van der Waals surface area contributed by atoms with Crippen molar-refractivity contribution < 1.29 is 18.3 Å². The topological polar surface area (TPSA) is 71.4 Å². The van der Waals surface area contributed by atoms with Gasteiger partial charge in [-0.1, -0.05) is 13.8 Å². The number of carboxylic acids is 1. The number of carboxylic acid groups (broad SMARTS) is 1. The van der Waals surface area contributed by atoms with E-state index >= 15 is 0 Å². The third kappa shape index (κ3) is 2.95. The van der Waals surface area contributed by atoms with E-state index < -0.39 is 15.0 Å². The lowest BCUT2D eigenvalue weighted by Gasteiger charge is -2.30. The van der Waals surface area contributed by atoms with E-state index in [2.05, 4.69) is 0 Å². The maximum atomic E-state index is 11.2. The van der Waals surface area contributed by atoms with Crippen LogP contribution in [0.25, 0.3) is 0 Å². The van der Waals surface area contributed by atoms with Crippen LogP contribution in [0.2, 0.25) is 0 Å². The summed E-state index contributed by atoms with van der Waals surface area (Å²) in [5.41, 5.74) is -0.250. The molecule has 0 unspecified atom stereocenters. The molecule has 1 aliphatic carbocycles. The summed E-state index contributed by atoms with van der Waals surface area (Å²) < 4.78 is 22.3. The van der Waals surface area contributed by atoms with Crippen LogP contribution in [0.1, 0.15) is 33.1 Å². The highest BCUT2D eigenvalue weighted by atomic mass is 35.7. The molecule has 0 aromatic heterocycles. The Kier molecular flexibility index (Phi) is 3.16. The van der Waals surface area contributed by atoms with Gasteiger partial charge in [-0.2, -0.15) is 0 Å². The third-order valence-electron chi connectivity index (χ3n) is 2.57. The van der Waals surface area contributed by atoms with Crippen LogP contribution < -0.4 is 0 Å². The molecule has 0 atom stereocenters. The van der Waals surface area contributed by atoms with Crippen molar-refractivity contribution in [1.82, 2.24) is 0 Å². The molecule has 1 aliphatic rings.